The molecule has 7 aromatic rings. The fourth-order valence-corrected chi connectivity index (χ4v) is 7.83. The van der Waals surface area contributed by atoms with Crippen molar-refractivity contribution in [2.45, 2.75) is 6.42 Å². The topological polar surface area (TPSA) is 224 Å². The van der Waals surface area contributed by atoms with Crippen LogP contribution in [0.3, 0.4) is 0 Å². The van der Waals surface area contributed by atoms with E-state index in [1.165, 1.54) is 12.1 Å². The molecular weight excluding hydrogens is 797 g/mol. The molecule has 2 aliphatic heterocycles. The van der Waals surface area contributed by atoms with Crippen molar-refractivity contribution in [1.29, 1.82) is 0 Å². The van der Waals surface area contributed by atoms with Crippen molar-refractivity contribution in [1.82, 2.24) is 19.9 Å². The minimum absolute atomic E-state index is 0.124. The number of rotatable bonds is 10. The van der Waals surface area contributed by atoms with Gasteiger partial charge in [-0.1, -0.05) is 48.5 Å². The SMILES string of the molecule is NCCC(=O)Nc1ccc(-c2c3nc(c(-c4ccc(C(=O)O)cc4)c4ccc([nH]4)c(-c4ccc(C(=O)O)cc4)c4nc(c(-c5ccc(C(=O)O)cc5)c5ccc2[nH]5)C=C4)C=C3)cc1. The third-order valence-electron chi connectivity index (χ3n) is 10.8. The summed E-state index contributed by atoms with van der Waals surface area (Å²) >= 11 is 0. The number of amides is 1. The molecule has 0 unspecified atom stereocenters. The van der Waals surface area contributed by atoms with Crippen LogP contribution in [0.2, 0.25) is 0 Å². The van der Waals surface area contributed by atoms with Gasteiger partial charge in [0.1, 0.15) is 0 Å². The van der Waals surface area contributed by atoms with Gasteiger partial charge in [-0.15, -0.1) is 0 Å². The Kier molecular flexibility index (Phi) is 10.4. The second kappa shape index (κ2) is 16.4. The Hall–Kier alpha value is -8.68. The fourth-order valence-electron chi connectivity index (χ4n) is 7.83. The quantitative estimate of drug-likeness (QED) is 0.0690. The minimum Gasteiger partial charge on any atom is -0.478 e. The number of nitrogens with two attached hydrogens (primary N) is 1. The highest BCUT2D eigenvalue weighted by molar-refractivity contribution is 6.01. The van der Waals surface area contributed by atoms with E-state index in [2.05, 4.69) is 15.3 Å². The molecule has 0 spiro atoms. The van der Waals surface area contributed by atoms with Gasteiger partial charge in [-0.25, -0.2) is 24.4 Å². The lowest BCUT2D eigenvalue weighted by Gasteiger charge is -2.08. The monoisotopic (exact) mass is 832 g/mol. The van der Waals surface area contributed by atoms with Crippen molar-refractivity contribution in [3.63, 3.8) is 0 Å². The molecule has 8 N–H and O–H groups in total. The summed E-state index contributed by atoms with van der Waals surface area (Å²) < 4.78 is 0. The molecule has 8 bridgehead atoms. The van der Waals surface area contributed by atoms with E-state index in [1.807, 2.05) is 72.8 Å². The number of benzene rings is 4. The molecule has 13 nitrogen and oxygen atoms in total. The number of nitrogens with one attached hydrogen (secondary N) is 3. The smallest absolute Gasteiger partial charge is 0.335 e. The van der Waals surface area contributed by atoms with E-state index in [0.717, 1.165) is 11.1 Å². The van der Waals surface area contributed by atoms with Crippen LogP contribution in [0.15, 0.2) is 121 Å². The van der Waals surface area contributed by atoms with E-state index < -0.39 is 17.9 Å². The van der Waals surface area contributed by atoms with Gasteiger partial charge in [-0.05, 0) is 119 Å². The molecule has 0 radical (unpaired) electrons. The van der Waals surface area contributed by atoms with Gasteiger partial charge < -0.3 is 36.3 Å². The van der Waals surface area contributed by atoms with Crippen molar-refractivity contribution in [3.8, 4) is 44.5 Å². The largest absolute Gasteiger partial charge is 0.478 e. The highest BCUT2D eigenvalue weighted by Crippen LogP contribution is 2.39. The molecule has 0 saturated heterocycles. The molecule has 13 heteroatoms. The first-order chi connectivity index (χ1) is 30.5. The van der Waals surface area contributed by atoms with Gasteiger partial charge in [0.2, 0.25) is 5.91 Å². The van der Waals surface area contributed by atoms with E-state index in [4.69, 9.17) is 15.7 Å². The number of carboxylic acid groups (broad SMARTS) is 3. The van der Waals surface area contributed by atoms with Gasteiger partial charge in [-0.2, -0.15) is 0 Å². The summed E-state index contributed by atoms with van der Waals surface area (Å²) in [5.41, 5.74) is 17.4. The molecule has 9 rings (SSSR count). The lowest BCUT2D eigenvalue weighted by molar-refractivity contribution is -0.116. The third kappa shape index (κ3) is 7.78. The van der Waals surface area contributed by atoms with Gasteiger partial charge in [0.05, 0.1) is 39.5 Å². The average molecular weight is 833 g/mol. The standard InChI is InChI=1S/C50H36N6O7/c51-26-25-43(57)52-34-15-13-30(14-16-34)47-41-23-21-39(55-41)45(28-3-9-32(10-4-28)49(60)61)37-19-17-35(53-37)44(27-1-7-31(8-2-27)48(58)59)36-18-20-38(54-36)46(40-22-24-42(47)56-40)29-5-11-33(12-6-29)50(62)63/h1-24,53,56H,25-26,51H2,(H,52,57)(H,58,59)(H,60,61)(H,62,63). The first kappa shape index (κ1) is 39.8. The summed E-state index contributed by atoms with van der Waals surface area (Å²) in [5, 5.41) is 32.0. The normalized spacial score (nSPS) is 11.7. The summed E-state index contributed by atoms with van der Waals surface area (Å²) in [5.74, 6) is -3.36. The van der Waals surface area contributed by atoms with Crippen LogP contribution < -0.4 is 11.1 Å². The van der Waals surface area contributed by atoms with Crippen LogP contribution in [0, 0.1) is 0 Å². The number of nitrogens with zero attached hydrogens (tertiary/aromatic N) is 2. The van der Waals surface area contributed by atoms with Gasteiger partial charge in [0.25, 0.3) is 0 Å². The van der Waals surface area contributed by atoms with Crippen LogP contribution in [-0.2, 0) is 4.79 Å². The lowest BCUT2D eigenvalue weighted by Crippen LogP contribution is -2.15. The number of aromatic amines is 2. The predicted octanol–water partition coefficient (Wildman–Crippen LogP) is 9.71. The number of carbonyl (C=O) groups excluding carboxylic acids is 1. The first-order valence-electron chi connectivity index (χ1n) is 19.8. The predicted molar refractivity (Wildman–Crippen MR) is 244 cm³/mol. The molecule has 2 aliphatic rings. The van der Waals surface area contributed by atoms with Gasteiger partial charge >= 0.3 is 17.9 Å². The second-order valence-electron chi connectivity index (χ2n) is 14.8. The Morgan fingerprint density at radius 2 is 0.730 bits per heavy atom. The van der Waals surface area contributed by atoms with E-state index in [0.29, 0.717) is 83.9 Å². The van der Waals surface area contributed by atoms with Crippen LogP contribution >= 0.6 is 0 Å². The minimum atomic E-state index is -1.06. The van der Waals surface area contributed by atoms with Crippen molar-refractivity contribution < 1.29 is 34.5 Å². The first-order valence-corrected chi connectivity index (χ1v) is 19.8. The lowest BCUT2D eigenvalue weighted by atomic mass is 10.0. The highest BCUT2D eigenvalue weighted by Gasteiger charge is 2.20. The van der Waals surface area contributed by atoms with Crippen molar-refractivity contribution in [3.05, 3.63) is 161 Å². The zero-order chi connectivity index (χ0) is 43.8. The molecule has 0 fully saturated rings. The van der Waals surface area contributed by atoms with Gasteiger partial charge in [-0.3, -0.25) is 4.79 Å². The summed E-state index contributed by atoms with van der Waals surface area (Å²) in [7, 11) is 0. The Morgan fingerprint density at radius 1 is 0.444 bits per heavy atom. The molecule has 1 amide bonds. The Labute approximate surface area is 358 Å². The van der Waals surface area contributed by atoms with Crippen LogP contribution in [0.25, 0.3) is 90.9 Å². The number of anilines is 1. The number of aromatic carboxylic acids is 3. The number of fused-ring (bicyclic) bond motifs is 8. The zero-order valence-electron chi connectivity index (χ0n) is 33.2. The van der Waals surface area contributed by atoms with Gasteiger partial charge in [0.15, 0.2) is 0 Å². The van der Waals surface area contributed by atoms with Crippen molar-refractivity contribution in [2.24, 2.45) is 5.73 Å². The van der Waals surface area contributed by atoms with E-state index in [-0.39, 0.29) is 35.6 Å². The number of carbonyl (C=O) groups is 4. The highest BCUT2D eigenvalue weighted by atomic mass is 16.4. The summed E-state index contributed by atoms with van der Waals surface area (Å²) in [4.78, 5) is 65.7. The average Bonchev–Trinajstić information content (AvgIpc) is 4.13. The molecular formula is C50H36N6O7. The van der Waals surface area contributed by atoms with Crippen LogP contribution in [0.1, 0.15) is 60.3 Å². The summed E-state index contributed by atoms with van der Waals surface area (Å²) in [6, 6.07) is 34.8. The molecule has 308 valence electrons. The zero-order valence-corrected chi connectivity index (χ0v) is 33.2. The Bertz CT molecular complexity index is 3180. The molecule has 5 heterocycles. The molecule has 0 saturated carbocycles. The molecule has 0 aliphatic carbocycles. The summed E-state index contributed by atoms with van der Waals surface area (Å²) in [6.07, 6.45) is 7.77. The van der Waals surface area contributed by atoms with Crippen molar-refractivity contribution in [2.75, 3.05) is 11.9 Å². The number of hydrogen-bond acceptors (Lipinski definition) is 7. The number of H-pyrrole nitrogens is 2. The van der Waals surface area contributed by atoms with Crippen LogP contribution in [-0.4, -0.2) is 65.6 Å². The van der Waals surface area contributed by atoms with Crippen LogP contribution in [0.4, 0.5) is 5.69 Å². The number of aromatic nitrogens is 4. The fraction of sp³-hybridized carbons (Fsp3) is 0.0400. The van der Waals surface area contributed by atoms with Crippen LogP contribution in [0.5, 0.6) is 0 Å². The number of carboxylic acids is 3. The molecule has 4 aromatic carbocycles. The molecule has 63 heavy (non-hydrogen) atoms. The van der Waals surface area contributed by atoms with E-state index in [9.17, 15) is 34.5 Å². The maximum absolute atomic E-state index is 12.4. The maximum Gasteiger partial charge on any atom is 0.335 e. The number of hydrogen-bond donors (Lipinski definition) is 7. The molecule has 3 aromatic heterocycles. The van der Waals surface area contributed by atoms with Gasteiger partial charge in [0, 0.05) is 63.0 Å². The second-order valence-corrected chi connectivity index (χ2v) is 14.8. The Balaban J connectivity index is 1.39. The maximum atomic E-state index is 12.4. The van der Waals surface area contributed by atoms with E-state index >= 15 is 0 Å². The van der Waals surface area contributed by atoms with E-state index in [1.54, 1.807) is 60.7 Å². The summed E-state index contributed by atoms with van der Waals surface area (Å²) in [6.45, 7) is 0.223. The third-order valence-corrected chi connectivity index (χ3v) is 10.8. The Morgan fingerprint density at radius 3 is 1.00 bits per heavy atom. The molecule has 0 atom stereocenters. The van der Waals surface area contributed by atoms with Crippen molar-refractivity contribution >= 4 is 75.9 Å².